The Kier molecular flexibility index (Phi) is 2.85. The molecule has 2 heterocycles. The van der Waals surface area contributed by atoms with Gasteiger partial charge in [-0.3, -0.25) is 0 Å². The molecule has 0 amide bonds. The van der Waals surface area contributed by atoms with Gasteiger partial charge in [-0.25, -0.2) is 15.0 Å². The predicted octanol–water partition coefficient (Wildman–Crippen LogP) is -1.35. The Balaban J connectivity index is 2.04. The highest BCUT2D eigenvalue weighted by molar-refractivity contribution is 5.81. The monoisotopic (exact) mass is 264 g/mol. The van der Waals surface area contributed by atoms with Crippen LogP contribution in [-0.2, 0) is 0 Å². The molecule has 0 aliphatic heterocycles. The molecule has 3 rings (SSSR count). The fraction of sp³-hybridized carbons (Fsp3) is 0.545. The lowest BCUT2D eigenvalue weighted by atomic mass is 10.1. The summed E-state index contributed by atoms with van der Waals surface area (Å²) in [5.74, 6) is 0.170. The van der Waals surface area contributed by atoms with Gasteiger partial charge in [-0.15, -0.1) is 0 Å². The number of nitrogen functional groups attached to an aromatic ring is 1. The molecule has 102 valence electrons. The number of aliphatic hydroxyl groups excluding tert-OH is 2. The van der Waals surface area contributed by atoms with Gasteiger partial charge >= 0.3 is 0 Å². The molecule has 2 aromatic rings. The smallest absolute Gasteiger partial charge is 0.165 e. The van der Waals surface area contributed by atoms with E-state index in [0.717, 1.165) is 0 Å². The van der Waals surface area contributed by atoms with Gasteiger partial charge in [-0.05, 0) is 13.0 Å². The van der Waals surface area contributed by atoms with Crippen molar-refractivity contribution in [1.29, 1.82) is 0 Å². The molecule has 0 bridgehead atoms. The minimum absolute atomic E-state index is 0.128. The highest BCUT2D eigenvalue weighted by Crippen LogP contribution is 2.36. The van der Waals surface area contributed by atoms with E-state index >= 15 is 0 Å². The SMILES string of the molecule is NC[C@@H]1C[C@H](n2cnc3c(N)ncnc32)[C@H](O)[C@H]1O. The van der Waals surface area contributed by atoms with Crippen LogP contribution in [-0.4, -0.2) is 48.5 Å². The Labute approximate surface area is 109 Å². The summed E-state index contributed by atoms with van der Waals surface area (Å²) >= 11 is 0. The molecule has 0 unspecified atom stereocenters. The number of nitrogens with zero attached hydrogens (tertiary/aromatic N) is 4. The van der Waals surface area contributed by atoms with Crippen molar-refractivity contribution in [2.45, 2.75) is 24.7 Å². The van der Waals surface area contributed by atoms with Crippen LogP contribution in [0.3, 0.4) is 0 Å². The third-order valence-corrected chi connectivity index (χ3v) is 3.82. The van der Waals surface area contributed by atoms with Crippen LogP contribution in [0.4, 0.5) is 5.82 Å². The molecule has 4 atom stereocenters. The first-order valence-corrected chi connectivity index (χ1v) is 6.12. The number of aliphatic hydroxyl groups is 2. The molecular formula is C11H16N6O2. The summed E-state index contributed by atoms with van der Waals surface area (Å²) in [5.41, 5.74) is 12.4. The molecule has 1 saturated carbocycles. The van der Waals surface area contributed by atoms with E-state index in [4.69, 9.17) is 11.5 Å². The molecule has 0 spiro atoms. The van der Waals surface area contributed by atoms with Gasteiger partial charge in [0.15, 0.2) is 11.5 Å². The predicted molar refractivity (Wildman–Crippen MR) is 67.9 cm³/mol. The van der Waals surface area contributed by atoms with E-state index in [0.29, 0.717) is 29.9 Å². The van der Waals surface area contributed by atoms with Crippen molar-refractivity contribution in [2.24, 2.45) is 11.7 Å². The van der Waals surface area contributed by atoms with Crippen LogP contribution < -0.4 is 11.5 Å². The maximum absolute atomic E-state index is 10.1. The number of fused-ring (bicyclic) bond motifs is 1. The third kappa shape index (κ3) is 1.76. The Morgan fingerprint density at radius 1 is 1.26 bits per heavy atom. The van der Waals surface area contributed by atoms with Gasteiger partial charge in [0, 0.05) is 5.92 Å². The van der Waals surface area contributed by atoms with Crippen LogP contribution in [0, 0.1) is 5.92 Å². The Hall–Kier alpha value is -1.77. The lowest BCUT2D eigenvalue weighted by molar-refractivity contribution is 0.00815. The summed E-state index contributed by atoms with van der Waals surface area (Å²) in [6.07, 6.45) is 1.78. The lowest BCUT2D eigenvalue weighted by Gasteiger charge is -2.18. The molecule has 0 radical (unpaired) electrons. The van der Waals surface area contributed by atoms with Crippen LogP contribution in [0.1, 0.15) is 12.5 Å². The molecule has 0 saturated heterocycles. The summed E-state index contributed by atoms with van der Waals surface area (Å²) in [7, 11) is 0. The van der Waals surface area contributed by atoms with Gasteiger partial charge < -0.3 is 26.2 Å². The van der Waals surface area contributed by atoms with E-state index in [-0.39, 0.29) is 12.0 Å². The molecule has 0 aromatic carbocycles. The molecule has 1 aliphatic rings. The van der Waals surface area contributed by atoms with Crippen LogP contribution >= 0.6 is 0 Å². The van der Waals surface area contributed by atoms with Gasteiger partial charge in [0.1, 0.15) is 17.9 Å². The van der Waals surface area contributed by atoms with E-state index in [1.165, 1.54) is 6.33 Å². The summed E-state index contributed by atoms with van der Waals surface area (Å²) < 4.78 is 1.73. The number of rotatable bonds is 2. The highest BCUT2D eigenvalue weighted by Gasteiger charge is 2.42. The molecule has 8 heteroatoms. The number of aromatic nitrogens is 4. The topological polar surface area (TPSA) is 136 Å². The third-order valence-electron chi connectivity index (χ3n) is 3.82. The highest BCUT2D eigenvalue weighted by atomic mass is 16.3. The van der Waals surface area contributed by atoms with E-state index in [9.17, 15) is 10.2 Å². The molecule has 19 heavy (non-hydrogen) atoms. The van der Waals surface area contributed by atoms with Crippen LogP contribution in [0.25, 0.3) is 11.2 Å². The van der Waals surface area contributed by atoms with Gasteiger partial charge in [0.25, 0.3) is 0 Å². The van der Waals surface area contributed by atoms with E-state index in [2.05, 4.69) is 15.0 Å². The minimum atomic E-state index is -0.887. The van der Waals surface area contributed by atoms with Crippen molar-refractivity contribution in [3.8, 4) is 0 Å². The molecule has 6 N–H and O–H groups in total. The lowest BCUT2D eigenvalue weighted by Crippen LogP contribution is -2.31. The first-order valence-electron chi connectivity index (χ1n) is 6.12. The summed E-state index contributed by atoms with van der Waals surface area (Å²) in [6.45, 7) is 0.332. The van der Waals surface area contributed by atoms with Gasteiger partial charge in [0.2, 0.25) is 0 Å². The zero-order valence-corrected chi connectivity index (χ0v) is 10.2. The molecule has 1 aliphatic carbocycles. The maximum Gasteiger partial charge on any atom is 0.165 e. The molecule has 8 nitrogen and oxygen atoms in total. The molecule has 2 aromatic heterocycles. The zero-order chi connectivity index (χ0) is 13.6. The Bertz CT molecular complexity index is 600. The quantitative estimate of drug-likeness (QED) is 0.526. The number of nitrogens with two attached hydrogens (primary N) is 2. The number of imidazole rings is 1. The van der Waals surface area contributed by atoms with Crippen LogP contribution in [0.2, 0.25) is 0 Å². The van der Waals surface area contributed by atoms with Gasteiger partial charge in [-0.1, -0.05) is 0 Å². The Morgan fingerprint density at radius 2 is 2.05 bits per heavy atom. The van der Waals surface area contributed by atoms with Crippen molar-refractivity contribution in [3.63, 3.8) is 0 Å². The van der Waals surface area contributed by atoms with Crippen molar-refractivity contribution in [1.82, 2.24) is 19.5 Å². The fourth-order valence-electron chi connectivity index (χ4n) is 2.72. The second kappa shape index (κ2) is 4.41. The van der Waals surface area contributed by atoms with Crippen molar-refractivity contribution in [3.05, 3.63) is 12.7 Å². The van der Waals surface area contributed by atoms with E-state index < -0.39 is 12.2 Å². The second-order valence-corrected chi connectivity index (χ2v) is 4.86. The van der Waals surface area contributed by atoms with Crippen LogP contribution in [0.5, 0.6) is 0 Å². The second-order valence-electron chi connectivity index (χ2n) is 4.86. The number of hydrogen-bond acceptors (Lipinski definition) is 7. The standard InChI is InChI=1S/C11H16N6O2/c12-2-5-1-6(9(19)8(5)18)17-4-16-7-10(13)14-3-15-11(7)17/h3-6,8-9,18-19H,1-2,12H2,(H2,13,14,15)/t5-,6-,8-,9-/m0/s1. The van der Waals surface area contributed by atoms with Crippen molar-refractivity contribution < 1.29 is 10.2 Å². The van der Waals surface area contributed by atoms with Crippen molar-refractivity contribution in [2.75, 3.05) is 12.3 Å². The average Bonchev–Trinajstić information content (AvgIpc) is 2.94. The van der Waals surface area contributed by atoms with E-state index in [1.54, 1.807) is 10.9 Å². The summed E-state index contributed by atoms with van der Waals surface area (Å²) in [5, 5.41) is 20.1. The normalized spacial score (nSPS) is 31.1. The number of anilines is 1. The first kappa shape index (κ1) is 12.3. The first-order chi connectivity index (χ1) is 9.13. The minimum Gasteiger partial charge on any atom is -0.390 e. The fourth-order valence-corrected chi connectivity index (χ4v) is 2.72. The molecule has 1 fully saturated rings. The average molecular weight is 264 g/mol. The largest absolute Gasteiger partial charge is 0.390 e. The van der Waals surface area contributed by atoms with Gasteiger partial charge in [0.05, 0.1) is 18.5 Å². The van der Waals surface area contributed by atoms with Crippen LogP contribution in [0.15, 0.2) is 12.7 Å². The Morgan fingerprint density at radius 3 is 2.74 bits per heavy atom. The maximum atomic E-state index is 10.1. The van der Waals surface area contributed by atoms with E-state index in [1.807, 2.05) is 0 Å². The number of hydrogen-bond donors (Lipinski definition) is 4. The zero-order valence-electron chi connectivity index (χ0n) is 10.2. The van der Waals surface area contributed by atoms with Gasteiger partial charge in [-0.2, -0.15) is 0 Å². The molecular weight excluding hydrogens is 248 g/mol. The van der Waals surface area contributed by atoms with Crippen molar-refractivity contribution >= 4 is 17.0 Å². The summed E-state index contributed by atoms with van der Waals surface area (Å²) in [6, 6.07) is -0.303. The summed E-state index contributed by atoms with van der Waals surface area (Å²) in [4.78, 5) is 12.2.